The van der Waals surface area contributed by atoms with Gasteiger partial charge in [-0.3, -0.25) is 0 Å². The highest BCUT2D eigenvalue weighted by Crippen LogP contribution is 2.23. The van der Waals surface area contributed by atoms with Crippen LogP contribution in [-0.4, -0.2) is 0 Å². The van der Waals surface area contributed by atoms with Crippen LogP contribution < -0.4 is 5.32 Å². The molecule has 0 heterocycles. The molecule has 2 aromatic carbocycles. The van der Waals surface area contributed by atoms with Crippen molar-refractivity contribution < 1.29 is 0 Å². The Labute approximate surface area is 108 Å². The highest BCUT2D eigenvalue weighted by atomic mass is 14.9. The largest absolute Gasteiger partial charge is 0.366 e. The normalized spacial score (nSPS) is 11.6. The van der Waals surface area contributed by atoms with Gasteiger partial charge in [-0.05, 0) is 36.6 Å². The maximum atomic E-state index is 9.34. The van der Waals surface area contributed by atoms with Crippen LogP contribution in [0.5, 0.6) is 0 Å². The third-order valence-electron chi connectivity index (χ3n) is 3.07. The number of rotatable bonds is 3. The molecule has 2 heteroatoms. The number of nitrogens with zero attached hydrogens (tertiary/aromatic N) is 1. The van der Waals surface area contributed by atoms with Gasteiger partial charge in [-0.15, -0.1) is 0 Å². The molecule has 0 aliphatic heterocycles. The zero-order valence-corrected chi connectivity index (χ0v) is 10.6. The summed E-state index contributed by atoms with van der Waals surface area (Å²) in [5, 5.41) is 12.6. The first kappa shape index (κ1) is 12.2. The number of hydrogen-bond acceptors (Lipinski definition) is 2. The van der Waals surface area contributed by atoms with Crippen LogP contribution in [0, 0.1) is 25.2 Å². The van der Waals surface area contributed by atoms with Crippen LogP contribution in [0.3, 0.4) is 0 Å². The molecule has 0 aliphatic carbocycles. The first-order valence-electron chi connectivity index (χ1n) is 5.99. The van der Waals surface area contributed by atoms with E-state index in [1.165, 1.54) is 0 Å². The molecule has 18 heavy (non-hydrogen) atoms. The van der Waals surface area contributed by atoms with E-state index in [1.807, 2.05) is 62.4 Å². The first-order chi connectivity index (χ1) is 8.72. The third kappa shape index (κ3) is 2.52. The Kier molecular flexibility index (Phi) is 3.64. The number of para-hydroxylation sites is 1. The highest BCUT2D eigenvalue weighted by molar-refractivity contribution is 5.53. The number of hydrogen-bond donors (Lipinski definition) is 1. The Bertz CT molecular complexity index is 582. The Balaban J connectivity index is 2.30. The Hall–Kier alpha value is -2.27. The molecule has 0 amide bonds. The monoisotopic (exact) mass is 236 g/mol. The van der Waals surface area contributed by atoms with E-state index in [4.69, 9.17) is 0 Å². The van der Waals surface area contributed by atoms with Gasteiger partial charge in [0.2, 0.25) is 0 Å². The van der Waals surface area contributed by atoms with Crippen molar-refractivity contribution in [2.45, 2.75) is 19.9 Å². The minimum atomic E-state index is -0.313. The molecular weight excluding hydrogens is 220 g/mol. The van der Waals surface area contributed by atoms with Crippen LogP contribution in [0.1, 0.15) is 22.7 Å². The summed E-state index contributed by atoms with van der Waals surface area (Å²) in [4.78, 5) is 0. The fourth-order valence-corrected chi connectivity index (χ4v) is 1.98. The molecule has 0 bridgehead atoms. The lowest BCUT2D eigenvalue weighted by molar-refractivity contribution is 0.978. The van der Waals surface area contributed by atoms with Gasteiger partial charge >= 0.3 is 0 Å². The Morgan fingerprint density at radius 1 is 0.944 bits per heavy atom. The van der Waals surface area contributed by atoms with Crippen molar-refractivity contribution >= 4 is 5.69 Å². The fourth-order valence-electron chi connectivity index (χ4n) is 1.98. The third-order valence-corrected chi connectivity index (χ3v) is 3.07. The van der Waals surface area contributed by atoms with Crippen LogP contribution in [-0.2, 0) is 0 Å². The quantitative estimate of drug-likeness (QED) is 0.875. The van der Waals surface area contributed by atoms with Gasteiger partial charge in [-0.1, -0.05) is 42.5 Å². The van der Waals surface area contributed by atoms with E-state index in [2.05, 4.69) is 11.4 Å². The van der Waals surface area contributed by atoms with Crippen molar-refractivity contribution in [2.24, 2.45) is 0 Å². The predicted molar refractivity (Wildman–Crippen MR) is 74.3 cm³/mol. The molecule has 0 saturated carbocycles. The summed E-state index contributed by atoms with van der Waals surface area (Å²) in [5.74, 6) is 0. The van der Waals surface area contributed by atoms with Gasteiger partial charge in [-0.2, -0.15) is 5.26 Å². The molecule has 1 atom stereocenters. The number of nitriles is 1. The second-order valence-corrected chi connectivity index (χ2v) is 4.38. The molecule has 2 nitrogen and oxygen atoms in total. The van der Waals surface area contributed by atoms with Crippen LogP contribution in [0.4, 0.5) is 5.69 Å². The number of benzene rings is 2. The number of aryl methyl sites for hydroxylation is 2. The van der Waals surface area contributed by atoms with Gasteiger partial charge in [0.05, 0.1) is 6.07 Å². The molecule has 1 N–H and O–H groups in total. The summed E-state index contributed by atoms with van der Waals surface area (Å²) >= 11 is 0. The van der Waals surface area contributed by atoms with Crippen LogP contribution in [0.15, 0.2) is 48.5 Å². The summed E-state index contributed by atoms with van der Waals surface area (Å²) < 4.78 is 0. The maximum absolute atomic E-state index is 9.34. The van der Waals surface area contributed by atoms with Crippen molar-refractivity contribution in [2.75, 3.05) is 5.32 Å². The maximum Gasteiger partial charge on any atom is 0.140 e. The van der Waals surface area contributed by atoms with E-state index >= 15 is 0 Å². The van der Waals surface area contributed by atoms with Gasteiger partial charge in [0.25, 0.3) is 0 Å². The average molecular weight is 236 g/mol. The summed E-state index contributed by atoms with van der Waals surface area (Å²) in [7, 11) is 0. The van der Waals surface area contributed by atoms with Crippen LogP contribution >= 0.6 is 0 Å². The molecule has 0 saturated heterocycles. The van der Waals surface area contributed by atoms with Gasteiger partial charge in [0.15, 0.2) is 0 Å². The lowest BCUT2D eigenvalue weighted by Crippen LogP contribution is -2.10. The molecule has 0 aliphatic rings. The van der Waals surface area contributed by atoms with E-state index in [0.717, 1.165) is 22.4 Å². The number of anilines is 1. The second kappa shape index (κ2) is 5.37. The van der Waals surface area contributed by atoms with Crippen molar-refractivity contribution in [3.63, 3.8) is 0 Å². The molecule has 0 aromatic heterocycles. The zero-order valence-electron chi connectivity index (χ0n) is 10.6. The Morgan fingerprint density at radius 2 is 1.56 bits per heavy atom. The van der Waals surface area contributed by atoms with E-state index in [-0.39, 0.29) is 6.04 Å². The summed E-state index contributed by atoms with van der Waals surface area (Å²) in [6.07, 6.45) is 0. The smallest absolute Gasteiger partial charge is 0.140 e. The zero-order chi connectivity index (χ0) is 13.0. The SMILES string of the molecule is Cc1ccccc1NC(C#N)c1ccccc1C. The average Bonchev–Trinajstić information content (AvgIpc) is 2.39. The van der Waals surface area contributed by atoms with Gasteiger partial charge in [0, 0.05) is 5.69 Å². The summed E-state index contributed by atoms with van der Waals surface area (Å²) in [6.45, 7) is 4.06. The molecule has 0 spiro atoms. The molecule has 90 valence electrons. The van der Waals surface area contributed by atoms with Gasteiger partial charge in [0.1, 0.15) is 6.04 Å². The predicted octanol–water partition coefficient (Wildman–Crippen LogP) is 3.98. The van der Waals surface area contributed by atoms with Gasteiger partial charge in [-0.25, -0.2) is 0 Å². The van der Waals surface area contributed by atoms with Crippen LogP contribution in [0.25, 0.3) is 0 Å². The molecule has 0 fully saturated rings. The van der Waals surface area contributed by atoms with Gasteiger partial charge < -0.3 is 5.32 Å². The summed E-state index contributed by atoms with van der Waals surface area (Å²) in [5.41, 5.74) is 4.31. The minimum Gasteiger partial charge on any atom is -0.366 e. The second-order valence-electron chi connectivity index (χ2n) is 4.38. The van der Waals surface area contributed by atoms with E-state index in [1.54, 1.807) is 0 Å². The molecule has 2 rings (SSSR count). The lowest BCUT2D eigenvalue weighted by Gasteiger charge is -2.16. The topological polar surface area (TPSA) is 35.8 Å². The number of nitrogens with one attached hydrogen (secondary N) is 1. The summed E-state index contributed by atoms with van der Waals surface area (Å²) in [6, 6.07) is 18.0. The standard InChI is InChI=1S/C16H16N2/c1-12-7-3-5-9-14(12)16(11-17)18-15-10-6-4-8-13(15)2/h3-10,16,18H,1-2H3. The molecule has 1 unspecified atom stereocenters. The van der Waals surface area contributed by atoms with E-state index in [9.17, 15) is 5.26 Å². The molecule has 0 radical (unpaired) electrons. The minimum absolute atomic E-state index is 0.313. The Morgan fingerprint density at radius 3 is 2.17 bits per heavy atom. The van der Waals surface area contributed by atoms with E-state index in [0.29, 0.717) is 0 Å². The molecule has 2 aromatic rings. The van der Waals surface area contributed by atoms with Crippen molar-refractivity contribution in [3.8, 4) is 6.07 Å². The fraction of sp³-hybridized carbons (Fsp3) is 0.188. The van der Waals surface area contributed by atoms with Crippen molar-refractivity contribution in [1.82, 2.24) is 0 Å². The van der Waals surface area contributed by atoms with E-state index < -0.39 is 0 Å². The highest BCUT2D eigenvalue weighted by Gasteiger charge is 2.12. The lowest BCUT2D eigenvalue weighted by atomic mass is 10.0. The van der Waals surface area contributed by atoms with Crippen molar-refractivity contribution in [1.29, 1.82) is 5.26 Å². The first-order valence-corrected chi connectivity index (χ1v) is 5.99. The molecular formula is C16H16N2. The van der Waals surface area contributed by atoms with Crippen molar-refractivity contribution in [3.05, 3.63) is 65.2 Å². The van der Waals surface area contributed by atoms with Crippen LogP contribution in [0.2, 0.25) is 0 Å².